The van der Waals surface area contributed by atoms with Crippen LogP contribution in [-0.4, -0.2) is 6.18 Å². The van der Waals surface area contributed by atoms with Crippen LogP contribution < -0.4 is 0 Å². The molecule has 154 valence electrons. The predicted molar refractivity (Wildman–Crippen MR) is 109 cm³/mol. The van der Waals surface area contributed by atoms with E-state index in [1.165, 1.54) is 12.1 Å². The Morgan fingerprint density at radius 3 is 1.97 bits per heavy atom. The minimum Gasteiger partial charge on any atom is -0.451 e. The number of aryl methyl sites for hydroxylation is 2. The van der Waals surface area contributed by atoms with Crippen LogP contribution in [0.15, 0.2) is 84.6 Å². The first-order valence-corrected chi connectivity index (χ1v) is 9.62. The number of alkyl halides is 3. The van der Waals surface area contributed by atoms with Crippen molar-refractivity contribution in [2.24, 2.45) is 0 Å². The van der Waals surface area contributed by atoms with E-state index in [0.29, 0.717) is 16.7 Å². The molecule has 3 aromatic carbocycles. The SMILES string of the molecule is Cc1cc(C)cc(C2(C(F)(F)F)O/C(=C\c3ccccc3)C(c3ccccc3)O2)c1. The Bertz CT molecular complexity index is 1040. The molecule has 1 aliphatic rings. The van der Waals surface area contributed by atoms with Crippen LogP contribution in [0.25, 0.3) is 6.08 Å². The molecule has 3 aromatic rings. The number of rotatable bonds is 3. The molecule has 0 bridgehead atoms. The first kappa shape index (κ1) is 20.2. The van der Waals surface area contributed by atoms with E-state index in [1.54, 1.807) is 50.3 Å². The number of hydrogen-bond donors (Lipinski definition) is 0. The van der Waals surface area contributed by atoms with E-state index in [9.17, 15) is 13.2 Å². The maximum Gasteiger partial charge on any atom is 0.460 e. The van der Waals surface area contributed by atoms with E-state index in [0.717, 1.165) is 5.56 Å². The summed E-state index contributed by atoms with van der Waals surface area (Å²) >= 11 is 0. The molecule has 30 heavy (non-hydrogen) atoms. The van der Waals surface area contributed by atoms with Gasteiger partial charge in [0.2, 0.25) is 0 Å². The van der Waals surface area contributed by atoms with Crippen LogP contribution in [0.1, 0.15) is 33.9 Å². The fourth-order valence-corrected chi connectivity index (χ4v) is 3.73. The summed E-state index contributed by atoms with van der Waals surface area (Å²) in [7, 11) is 0. The second-order valence-corrected chi connectivity index (χ2v) is 7.46. The Balaban J connectivity index is 1.89. The fourth-order valence-electron chi connectivity index (χ4n) is 3.73. The van der Waals surface area contributed by atoms with Gasteiger partial charge in [-0.05, 0) is 43.2 Å². The van der Waals surface area contributed by atoms with Crippen molar-refractivity contribution in [1.82, 2.24) is 0 Å². The number of ether oxygens (including phenoxy) is 2. The highest BCUT2D eigenvalue weighted by Gasteiger charge is 2.66. The Hall–Kier alpha value is -3.05. The van der Waals surface area contributed by atoms with Gasteiger partial charge in [-0.1, -0.05) is 77.9 Å². The molecular weight excluding hydrogens is 389 g/mol. The van der Waals surface area contributed by atoms with Crippen molar-refractivity contribution in [3.8, 4) is 0 Å². The third-order valence-electron chi connectivity index (χ3n) is 4.99. The zero-order valence-corrected chi connectivity index (χ0v) is 16.6. The Morgan fingerprint density at radius 2 is 1.40 bits per heavy atom. The fraction of sp³-hybridized carbons (Fsp3) is 0.200. The lowest BCUT2D eigenvalue weighted by Gasteiger charge is -2.30. The molecule has 0 aromatic heterocycles. The second kappa shape index (κ2) is 7.65. The third-order valence-corrected chi connectivity index (χ3v) is 4.99. The van der Waals surface area contributed by atoms with E-state index in [1.807, 2.05) is 36.4 Å². The minimum absolute atomic E-state index is 0.0649. The van der Waals surface area contributed by atoms with Gasteiger partial charge in [0.15, 0.2) is 0 Å². The smallest absolute Gasteiger partial charge is 0.451 e. The summed E-state index contributed by atoms with van der Waals surface area (Å²) < 4.78 is 54.9. The van der Waals surface area contributed by atoms with Crippen LogP contribution in [0.5, 0.6) is 0 Å². The summed E-state index contributed by atoms with van der Waals surface area (Å²) in [6, 6.07) is 22.7. The monoisotopic (exact) mass is 410 g/mol. The van der Waals surface area contributed by atoms with Crippen LogP contribution in [0.2, 0.25) is 0 Å². The molecule has 5 heteroatoms. The lowest BCUT2D eigenvalue weighted by atomic mass is 10.00. The summed E-state index contributed by atoms with van der Waals surface area (Å²) in [5.74, 6) is -2.77. The molecule has 0 spiro atoms. The van der Waals surface area contributed by atoms with Crippen molar-refractivity contribution in [3.05, 3.63) is 112 Å². The molecule has 1 fully saturated rings. The van der Waals surface area contributed by atoms with Gasteiger partial charge in [0, 0.05) is 5.56 Å². The summed E-state index contributed by atoms with van der Waals surface area (Å²) in [5, 5.41) is 0. The quantitative estimate of drug-likeness (QED) is 0.470. The Morgan fingerprint density at radius 1 is 0.833 bits per heavy atom. The van der Waals surface area contributed by atoms with Crippen LogP contribution in [0.3, 0.4) is 0 Å². The first-order chi connectivity index (χ1) is 14.3. The molecule has 4 rings (SSSR count). The van der Waals surface area contributed by atoms with E-state index in [-0.39, 0.29) is 11.3 Å². The molecule has 2 nitrogen and oxygen atoms in total. The van der Waals surface area contributed by atoms with Crippen LogP contribution in [0.4, 0.5) is 13.2 Å². The summed E-state index contributed by atoms with van der Waals surface area (Å²) in [4.78, 5) is 0. The van der Waals surface area contributed by atoms with E-state index < -0.39 is 18.1 Å². The van der Waals surface area contributed by atoms with E-state index in [2.05, 4.69) is 0 Å². The highest BCUT2D eigenvalue weighted by Crippen LogP contribution is 2.55. The number of hydrogen-bond acceptors (Lipinski definition) is 2. The minimum atomic E-state index is -4.79. The zero-order valence-electron chi connectivity index (χ0n) is 16.6. The summed E-state index contributed by atoms with van der Waals surface area (Å²) in [6.07, 6.45) is -4.17. The van der Waals surface area contributed by atoms with Crippen molar-refractivity contribution in [2.75, 3.05) is 0 Å². The first-order valence-electron chi connectivity index (χ1n) is 9.62. The molecule has 0 amide bonds. The van der Waals surface area contributed by atoms with Gasteiger partial charge in [-0.2, -0.15) is 13.2 Å². The van der Waals surface area contributed by atoms with Gasteiger partial charge in [0.05, 0.1) is 0 Å². The van der Waals surface area contributed by atoms with Crippen LogP contribution in [-0.2, 0) is 15.3 Å². The molecule has 2 unspecified atom stereocenters. The Kier molecular flexibility index (Phi) is 5.16. The number of benzene rings is 3. The molecule has 0 N–H and O–H groups in total. The van der Waals surface area contributed by atoms with Crippen molar-refractivity contribution in [1.29, 1.82) is 0 Å². The van der Waals surface area contributed by atoms with Gasteiger partial charge in [-0.3, -0.25) is 0 Å². The van der Waals surface area contributed by atoms with Gasteiger partial charge >= 0.3 is 12.0 Å². The Labute approximate surface area is 173 Å². The zero-order chi connectivity index (χ0) is 21.4. The van der Waals surface area contributed by atoms with Crippen molar-refractivity contribution in [3.63, 3.8) is 0 Å². The van der Waals surface area contributed by atoms with Gasteiger partial charge in [-0.15, -0.1) is 0 Å². The molecular formula is C25H21F3O2. The van der Waals surface area contributed by atoms with E-state index >= 15 is 0 Å². The normalized spacial score (nSPS) is 22.8. The molecule has 1 aliphatic heterocycles. The van der Waals surface area contributed by atoms with Gasteiger partial charge in [-0.25, -0.2) is 0 Å². The predicted octanol–water partition coefficient (Wildman–Crippen LogP) is 6.85. The second-order valence-electron chi connectivity index (χ2n) is 7.46. The van der Waals surface area contributed by atoms with Gasteiger partial charge < -0.3 is 9.47 Å². The highest BCUT2D eigenvalue weighted by atomic mass is 19.4. The maximum absolute atomic E-state index is 14.5. The molecule has 2 atom stereocenters. The average Bonchev–Trinajstić information content (AvgIpc) is 3.09. The lowest BCUT2D eigenvalue weighted by molar-refractivity contribution is -0.354. The van der Waals surface area contributed by atoms with Crippen molar-refractivity contribution >= 4 is 6.08 Å². The molecule has 0 saturated carbocycles. The average molecular weight is 410 g/mol. The van der Waals surface area contributed by atoms with Crippen molar-refractivity contribution < 1.29 is 22.6 Å². The molecule has 1 saturated heterocycles. The maximum atomic E-state index is 14.5. The van der Waals surface area contributed by atoms with Crippen LogP contribution >= 0.6 is 0 Å². The topological polar surface area (TPSA) is 18.5 Å². The van der Waals surface area contributed by atoms with Gasteiger partial charge in [0.1, 0.15) is 11.9 Å². The largest absolute Gasteiger partial charge is 0.460 e. The van der Waals surface area contributed by atoms with Crippen LogP contribution in [0, 0.1) is 13.8 Å². The van der Waals surface area contributed by atoms with E-state index in [4.69, 9.17) is 9.47 Å². The number of halogens is 3. The highest BCUT2D eigenvalue weighted by molar-refractivity contribution is 5.54. The van der Waals surface area contributed by atoms with Crippen molar-refractivity contribution in [2.45, 2.75) is 31.9 Å². The molecule has 0 aliphatic carbocycles. The molecule has 1 heterocycles. The molecule has 0 radical (unpaired) electrons. The summed E-state index contributed by atoms with van der Waals surface area (Å²) in [6.45, 7) is 3.51. The van der Waals surface area contributed by atoms with Gasteiger partial charge in [0.25, 0.3) is 0 Å². The lowest BCUT2D eigenvalue weighted by Crippen LogP contribution is -2.43. The third kappa shape index (κ3) is 3.73. The summed E-state index contributed by atoms with van der Waals surface area (Å²) in [5.41, 5.74) is 2.67. The standard InChI is InChI=1S/C25H21F3O2/c1-17-13-18(2)15-21(14-17)24(25(26,27)28)29-22(16-19-9-5-3-6-10-19)23(30-24)20-11-7-4-8-12-20/h3-16,23H,1-2H3/b22-16-.